The molecule has 1 aliphatic heterocycles. The Morgan fingerprint density at radius 3 is 2.59 bits per heavy atom. The summed E-state index contributed by atoms with van der Waals surface area (Å²) in [5.41, 5.74) is 0.776. The van der Waals surface area contributed by atoms with Crippen molar-refractivity contribution in [1.82, 2.24) is 15.1 Å². The second-order valence-electron chi connectivity index (χ2n) is 7.07. The average Bonchev–Trinajstić information content (AvgIpc) is 3.49. The zero-order valence-corrected chi connectivity index (χ0v) is 16.2. The van der Waals surface area contributed by atoms with Gasteiger partial charge in [0, 0.05) is 16.6 Å². The van der Waals surface area contributed by atoms with Gasteiger partial charge >= 0.3 is 0 Å². The third kappa shape index (κ3) is 3.78. The molecular weight excluding hydrogens is 394 g/mol. The van der Waals surface area contributed by atoms with Crippen LogP contribution in [0, 0.1) is 0 Å². The van der Waals surface area contributed by atoms with Gasteiger partial charge in [0.25, 0.3) is 5.91 Å². The Kier molecular flexibility index (Phi) is 4.60. The van der Waals surface area contributed by atoms with Crippen LogP contribution in [0.3, 0.4) is 0 Å². The van der Waals surface area contributed by atoms with Gasteiger partial charge in [0.1, 0.15) is 6.61 Å². The van der Waals surface area contributed by atoms with E-state index in [1.807, 2.05) is 30.3 Å². The van der Waals surface area contributed by atoms with E-state index >= 15 is 0 Å². The van der Waals surface area contributed by atoms with E-state index in [9.17, 15) is 4.79 Å². The van der Waals surface area contributed by atoms with Crippen molar-refractivity contribution in [1.29, 1.82) is 0 Å². The Bertz CT molecular complexity index is 1030. The van der Waals surface area contributed by atoms with Crippen LogP contribution in [0.1, 0.15) is 18.7 Å². The zero-order valence-electron chi connectivity index (χ0n) is 15.5. The largest absolute Gasteiger partial charge is 0.485 e. The Hall–Kier alpha value is -3.06. The first-order chi connectivity index (χ1) is 14.2. The predicted molar refractivity (Wildman–Crippen MR) is 105 cm³/mol. The second kappa shape index (κ2) is 7.40. The Morgan fingerprint density at radius 2 is 1.83 bits per heavy atom. The molecule has 1 aliphatic carbocycles. The number of hydrogen-bond acceptors (Lipinski definition) is 6. The van der Waals surface area contributed by atoms with Crippen molar-refractivity contribution in [3.05, 3.63) is 59.4 Å². The lowest BCUT2D eigenvalue weighted by Gasteiger charge is -2.30. The van der Waals surface area contributed by atoms with E-state index in [0.29, 0.717) is 28.3 Å². The van der Waals surface area contributed by atoms with Crippen molar-refractivity contribution in [3.8, 4) is 23.0 Å². The van der Waals surface area contributed by atoms with Gasteiger partial charge in [0.2, 0.25) is 17.9 Å². The van der Waals surface area contributed by atoms with E-state index in [1.165, 1.54) is 0 Å². The number of halogens is 1. The molecule has 5 rings (SSSR count). The van der Waals surface area contributed by atoms with Gasteiger partial charge in [0.05, 0.1) is 6.54 Å². The van der Waals surface area contributed by atoms with Crippen LogP contribution in [0.25, 0.3) is 11.5 Å². The molecular formula is C21H18ClN3O4. The van der Waals surface area contributed by atoms with E-state index in [0.717, 1.165) is 18.4 Å². The molecule has 0 unspecified atom stereocenters. The highest BCUT2D eigenvalue weighted by atomic mass is 35.5. The van der Waals surface area contributed by atoms with Crippen LogP contribution in [0.5, 0.6) is 11.5 Å². The van der Waals surface area contributed by atoms with Crippen LogP contribution >= 0.6 is 11.6 Å². The van der Waals surface area contributed by atoms with Gasteiger partial charge in [-0.2, -0.15) is 0 Å². The first kappa shape index (κ1) is 18.0. The molecule has 8 heteroatoms. The summed E-state index contributed by atoms with van der Waals surface area (Å²) in [5.74, 6) is 1.88. The van der Waals surface area contributed by atoms with Gasteiger partial charge in [-0.3, -0.25) is 4.79 Å². The van der Waals surface area contributed by atoms with Crippen molar-refractivity contribution < 1.29 is 18.7 Å². The van der Waals surface area contributed by atoms with Crippen LogP contribution in [0.4, 0.5) is 0 Å². The highest BCUT2D eigenvalue weighted by Gasteiger charge is 2.39. The first-order valence-corrected chi connectivity index (χ1v) is 9.82. The summed E-state index contributed by atoms with van der Waals surface area (Å²) in [4.78, 5) is 14.9. The lowest BCUT2D eigenvalue weighted by molar-refractivity contribution is -0.142. The van der Waals surface area contributed by atoms with E-state index in [4.69, 9.17) is 25.5 Å². The average molecular weight is 412 g/mol. The normalized spacial score (nSPS) is 17.8. The maximum Gasteiger partial charge on any atom is 0.267 e. The van der Waals surface area contributed by atoms with Crippen molar-refractivity contribution in [3.63, 3.8) is 0 Å². The van der Waals surface area contributed by atoms with Crippen LogP contribution in [-0.4, -0.2) is 39.8 Å². The number of amides is 1. The van der Waals surface area contributed by atoms with Crippen molar-refractivity contribution in [2.75, 3.05) is 6.61 Å². The molecule has 0 spiro atoms. The number of carbonyl (C=O) groups excluding carboxylic acids is 1. The van der Waals surface area contributed by atoms with Crippen LogP contribution in [-0.2, 0) is 11.3 Å². The van der Waals surface area contributed by atoms with E-state index < -0.39 is 6.10 Å². The molecule has 3 aromatic rings. The molecule has 1 aromatic heterocycles. The highest BCUT2D eigenvalue weighted by Crippen LogP contribution is 2.34. The third-order valence-corrected chi connectivity index (χ3v) is 5.17. The molecule has 7 nitrogen and oxygen atoms in total. The number of rotatable bonds is 5. The number of ether oxygens (including phenoxy) is 2. The number of nitrogens with zero attached hydrogens (tertiary/aromatic N) is 3. The molecule has 2 aliphatic rings. The Morgan fingerprint density at radius 1 is 1.07 bits per heavy atom. The predicted octanol–water partition coefficient (Wildman–Crippen LogP) is 3.72. The Labute approximate surface area is 172 Å². The molecule has 0 N–H and O–H groups in total. The first-order valence-electron chi connectivity index (χ1n) is 9.44. The molecule has 2 aromatic carbocycles. The fourth-order valence-corrected chi connectivity index (χ4v) is 3.40. The second-order valence-corrected chi connectivity index (χ2v) is 7.51. The molecule has 0 radical (unpaired) electrons. The number of fused-ring (bicyclic) bond motifs is 1. The topological polar surface area (TPSA) is 77.7 Å². The van der Waals surface area contributed by atoms with Crippen LogP contribution in [0.2, 0.25) is 5.02 Å². The monoisotopic (exact) mass is 411 g/mol. The molecule has 0 saturated heterocycles. The summed E-state index contributed by atoms with van der Waals surface area (Å²) in [5, 5.41) is 8.84. The van der Waals surface area contributed by atoms with Gasteiger partial charge < -0.3 is 18.8 Å². The van der Waals surface area contributed by atoms with E-state index in [2.05, 4.69) is 10.2 Å². The molecule has 1 fully saturated rings. The SMILES string of the molecule is O=C([C@H]1COc2ccccc2O1)N(Cc1nnc(-c2ccc(Cl)cc2)o1)C1CC1. The number of carbonyl (C=O) groups is 1. The molecule has 1 saturated carbocycles. The minimum atomic E-state index is -0.691. The molecule has 1 atom stereocenters. The number of hydrogen-bond donors (Lipinski definition) is 0. The summed E-state index contributed by atoms with van der Waals surface area (Å²) < 4.78 is 17.4. The number of aromatic nitrogens is 2. The maximum atomic E-state index is 13.1. The van der Waals surface area contributed by atoms with Crippen LogP contribution in [0.15, 0.2) is 52.9 Å². The molecule has 0 bridgehead atoms. The summed E-state index contributed by atoms with van der Waals surface area (Å²) >= 11 is 5.92. The highest BCUT2D eigenvalue weighted by molar-refractivity contribution is 6.30. The third-order valence-electron chi connectivity index (χ3n) is 4.92. The van der Waals surface area contributed by atoms with Crippen molar-refractivity contribution in [2.24, 2.45) is 0 Å². The summed E-state index contributed by atoms with van der Waals surface area (Å²) in [7, 11) is 0. The minimum Gasteiger partial charge on any atom is -0.485 e. The van der Waals surface area contributed by atoms with Gasteiger partial charge in [0.15, 0.2) is 11.5 Å². The lowest BCUT2D eigenvalue weighted by atomic mass is 10.2. The van der Waals surface area contributed by atoms with Gasteiger partial charge in [-0.1, -0.05) is 23.7 Å². The fourth-order valence-electron chi connectivity index (χ4n) is 3.27. The standard InChI is InChI=1S/C21H18ClN3O4/c22-14-7-5-13(6-8-14)20-24-23-19(29-20)11-25(15-9-10-15)21(26)18-12-27-16-3-1-2-4-17(16)28-18/h1-8,15,18H,9-12H2/t18-/m1/s1. The molecule has 2 heterocycles. The molecule has 1 amide bonds. The van der Waals surface area contributed by atoms with Gasteiger partial charge in [-0.05, 0) is 49.2 Å². The fraction of sp³-hybridized carbons (Fsp3) is 0.286. The van der Waals surface area contributed by atoms with Crippen molar-refractivity contribution >= 4 is 17.5 Å². The van der Waals surface area contributed by atoms with Crippen LogP contribution < -0.4 is 9.47 Å². The zero-order chi connectivity index (χ0) is 19.8. The lowest BCUT2D eigenvalue weighted by Crippen LogP contribution is -2.47. The number of para-hydroxylation sites is 2. The number of benzene rings is 2. The summed E-state index contributed by atoms with van der Waals surface area (Å²) in [6.07, 6.45) is 1.21. The summed E-state index contributed by atoms with van der Waals surface area (Å²) in [6.45, 7) is 0.421. The summed E-state index contributed by atoms with van der Waals surface area (Å²) in [6, 6.07) is 14.7. The Balaban J connectivity index is 1.31. The molecule has 29 heavy (non-hydrogen) atoms. The van der Waals surface area contributed by atoms with Gasteiger partial charge in [-0.15, -0.1) is 10.2 Å². The van der Waals surface area contributed by atoms with Crippen molar-refractivity contribution in [2.45, 2.75) is 31.5 Å². The maximum absolute atomic E-state index is 13.1. The van der Waals surface area contributed by atoms with E-state index in [-0.39, 0.29) is 25.1 Å². The van der Waals surface area contributed by atoms with E-state index in [1.54, 1.807) is 23.1 Å². The smallest absolute Gasteiger partial charge is 0.267 e. The molecule has 148 valence electrons. The minimum absolute atomic E-state index is 0.131. The quantitative estimate of drug-likeness (QED) is 0.636. The van der Waals surface area contributed by atoms with Gasteiger partial charge in [-0.25, -0.2) is 0 Å².